The lowest BCUT2D eigenvalue weighted by Crippen LogP contribution is -2.19. The molecule has 0 spiro atoms. The SMILES string of the molecule is [3H]Oc1cccc([C@@H]2Sc3cc(OCc4ccccc4)ccc3O[C@@H]2c2ccc(O)cc2)c1. The molecule has 1 heterocycles. The average molecular weight is 445 g/mol. The maximum Gasteiger partial charge on any atom is 0.293 e. The number of hydrogen-bond acceptors (Lipinski definition) is 5. The van der Waals surface area contributed by atoms with Gasteiger partial charge in [0.15, 0.2) is 0 Å². The van der Waals surface area contributed by atoms with Crippen molar-refractivity contribution >= 4 is 11.8 Å². The smallest absolute Gasteiger partial charge is 0.293 e. The molecule has 0 unspecified atom stereocenters. The van der Waals surface area contributed by atoms with E-state index in [1.54, 1.807) is 30.0 Å². The van der Waals surface area contributed by atoms with Gasteiger partial charge in [0.2, 0.25) is 0 Å². The first-order valence-corrected chi connectivity index (χ1v) is 11.2. The molecule has 0 radical (unpaired) electrons. The van der Waals surface area contributed by atoms with Crippen LogP contribution in [0.3, 0.4) is 0 Å². The Hall–Kier alpha value is -3.57. The van der Waals surface area contributed by atoms with Crippen LogP contribution in [0.25, 0.3) is 0 Å². The Morgan fingerprint density at radius 1 is 0.844 bits per heavy atom. The molecule has 1 aliphatic heterocycles. The maximum atomic E-state index is 9.73. The van der Waals surface area contributed by atoms with Crippen LogP contribution in [-0.4, -0.2) is 11.6 Å². The van der Waals surface area contributed by atoms with Crippen LogP contribution in [0.1, 0.15) is 28.0 Å². The fourth-order valence-corrected chi connectivity index (χ4v) is 5.06. The van der Waals surface area contributed by atoms with Gasteiger partial charge in [-0.25, -0.2) is 0 Å². The first kappa shape index (κ1) is 19.1. The number of hydrogen-bond donors (Lipinski definition) is 2. The molecule has 1 aliphatic rings. The topological polar surface area (TPSA) is 58.9 Å². The Labute approximate surface area is 192 Å². The van der Waals surface area contributed by atoms with E-state index in [1.807, 2.05) is 78.9 Å². The van der Waals surface area contributed by atoms with E-state index in [2.05, 4.69) is 0 Å². The van der Waals surface area contributed by atoms with E-state index in [4.69, 9.17) is 16.0 Å². The van der Waals surface area contributed by atoms with Gasteiger partial charge in [0.05, 0.1) is 10.1 Å². The third kappa shape index (κ3) is 4.39. The first-order valence-electron chi connectivity index (χ1n) is 10.8. The molecule has 0 aromatic heterocycles. The first-order chi connectivity index (χ1) is 16.2. The summed E-state index contributed by atoms with van der Waals surface area (Å²) in [6, 6.07) is 30.5. The summed E-state index contributed by atoms with van der Waals surface area (Å²) in [7, 11) is 0. The van der Waals surface area contributed by atoms with Gasteiger partial charge in [0, 0.05) is 0 Å². The number of fused-ring (bicyclic) bond motifs is 1. The Kier molecular flexibility index (Phi) is 5.32. The molecule has 2 N–H and O–H groups in total. The van der Waals surface area contributed by atoms with E-state index in [-0.39, 0.29) is 17.1 Å². The average Bonchev–Trinajstić information content (AvgIpc) is 2.87. The van der Waals surface area contributed by atoms with Gasteiger partial charge in [-0.1, -0.05) is 54.6 Å². The number of phenols is 2. The molecule has 5 rings (SSSR count). The van der Waals surface area contributed by atoms with Gasteiger partial charge in [0.1, 0.15) is 35.7 Å². The fourth-order valence-electron chi connectivity index (χ4n) is 3.75. The van der Waals surface area contributed by atoms with Crippen LogP contribution < -0.4 is 9.47 Å². The van der Waals surface area contributed by atoms with Gasteiger partial charge in [-0.2, -0.15) is 0 Å². The number of benzene rings is 4. The largest absolute Gasteiger partial charge is 0.508 e. The predicted octanol–water partition coefficient (Wildman–Crippen LogP) is 6.64. The molecule has 4 aromatic carbocycles. The van der Waals surface area contributed by atoms with Gasteiger partial charge >= 0.3 is 0 Å². The highest BCUT2D eigenvalue weighted by Gasteiger charge is 2.34. The van der Waals surface area contributed by atoms with Gasteiger partial charge in [-0.05, 0) is 59.2 Å². The molecule has 2 atom stereocenters. The normalized spacial score (nSPS) is 17.6. The van der Waals surface area contributed by atoms with E-state index in [0.29, 0.717) is 12.4 Å². The van der Waals surface area contributed by atoms with Crippen molar-refractivity contribution in [2.45, 2.75) is 22.9 Å². The van der Waals surface area contributed by atoms with Gasteiger partial charge in [-0.15, -0.1) is 11.8 Å². The molecule has 0 fully saturated rings. The minimum Gasteiger partial charge on any atom is -0.508 e. The van der Waals surface area contributed by atoms with Crippen LogP contribution in [-0.2, 0) is 6.61 Å². The zero-order valence-corrected chi connectivity index (χ0v) is 18.0. The molecule has 32 heavy (non-hydrogen) atoms. The summed E-state index contributed by atoms with van der Waals surface area (Å²) in [5.74, 6) is 2.25. The molecular weight excluding hydrogens is 420 g/mol. The van der Waals surface area contributed by atoms with Crippen molar-refractivity contribution in [3.05, 3.63) is 114 Å². The highest BCUT2D eigenvalue weighted by molar-refractivity contribution is 7.99. The summed E-state index contributed by atoms with van der Waals surface area (Å²) >= 11 is 1.69. The minimum absolute atomic E-state index is 0.0819. The third-order valence-corrected chi connectivity index (χ3v) is 6.70. The van der Waals surface area contributed by atoms with Crippen molar-refractivity contribution in [2.75, 3.05) is 0 Å². The molecule has 0 bridgehead atoms. The van der Waals surface area contributed by atoms with Crippen LogP contribution in [0.4, 0.5) is 0 Å². The van der Waals surface area contributed by atoms with E-state index in [9.17, 15) is 5.11 Å². The Balaban J connectivity index is 1.46. The van der Waals surface area contributed by atoms with E-state index in [0.717, 1.165) is 33.1 Å². The molecule has 4 nitrogen and oxygen atoms in total. The highest BCUT2D eigenvalue weighted by atomic mass is 32.2. The van der Waals surface area contributed by atoms with Gasteiger partial charge in [-0.3, -0.25) is 0 Å². The van der Waals surface area contributed by atoms with Crippen molar-refractivity contribution in [1.82, 2.24) is 0 Å². The standard InChI is InChI=1S/C27H22O4S/c28-21-11-9-19(10-12-21)26-27(20-7-4-8-22(29)15-20)32-25-16-23(13-14-24(25)31-26)30-17-18-5-2-1-3-6-18/h1-16,26-29H,17H2/t26-,27+/m1/s1/i/hT. The third-order valence-electron chi connectivity index (χ3n) is 5.35. The second-order valence-electron chi connectivity index (χ2n) is 7.62. The summed E-state index contributed by atoms with van der Waals surface area (Å²) < 4.78 is 19.8. The van der Waals surface area contributed by atoms with Crippen LogP contribution in [0.5, 0.6) is 23.0 Å². The molecule has 0 aliphatic carbocycles. The van der Waals surface area contributed by atoms with Gasteiger partial charge in [0.25, 0.3) is 1.43 Å². The van der Waals surface area contributed by atoms with E-state index < -0.39 is 0 Å². The number of phenolic OH excluding ortho intramolecular Hbond substituents is 2. The van der Waals surface area contributed by atoms with Crippen LogP contribution in [0, 0.1) is 0 Å². The highest BCUT2D eigenvalue weighted by Crippen LogP contribution is 2.54. The lowest BCUT2D eigenvalue weighted by Gasteiger charge is -2.34. The van der Waals surface area contributed by atoms with E-state index in [1.165, 1.54) is 0 Å². The van der Waals surface area contributed by atoms with Crippen LogP contribution in [0.2, 0.25) is 0 Å². The number of aromatic hydroxyl groups is 2. The van der Waals surface area contributed by atoms with Crippen molar-refractivity contribution in [2.24, 2.45) is 0 Å². The molecular formula is C27H22O4S. The summed E-state index contributed by atoms with van der Waals surface area (Å²) in [5, 5.41) is 14.4. The second-order valence-corrected chi connectivity index (χ2v) is 8.81. The Bertz CT molecular complexity index is 1230. The monoisotopic (exact) mass is 444 g/mol. The Morgan fingerprint density at radius 3 is 2.50 bits per heavy atom. The molecule has 4 aromatic rings. The second kappa shape index (κ2) is 8.89. The summed E-state index contributed by atoms with van der Waals surface area (Å²) in [4.78, 5) is 0.984. The van der Waals surface area contributed by atoms with Crippen molar-refractivity contribution in [1.29, 1.82) is 1.43 Å². The lowest BCUT2D eigenvalue weighted by atomic mass is 10.00. The predicted molar refractivity (Wildman–Crippen MR) is 125 cm³/mol. The van der Waals surface area contributed by atoms with Crippen molar-refractivity contribution in [3.63, 3.8) is 0 Å². The summed E-state index contributed by atoms with van der Waals surface area (Å²) in [6.07, 6.45) is -0.278. The molecule has 5 heteroatoms. The van der Waals surface area contributed by atoms with E-state index >= 15 is 0 Å². The van der Waals surface area contributed by atoms with Crippen LogP contribution >= 0.6 is 11.8 Å². The molecule has 0 saturated heterocycles. The number of thioether (sulfide) groups is 1. The summed E-state index contributed by atoms with van der Waals surface area (Å²) in [6.45, 7) is 0.494. The zero-order valence-electron chi connectivity index (χ0n) is 18.2. The summed E-state index contributed by atoms with van der Waals surface area (Å²) in [5.41, 5.74) is 3.05. The quantitative estimate of drug-likeness (QED) is 0.349. The van der Waals surface area contributed by atoms with Gasteiger partial charge < -0.3 is 19.7 Å². The minimum atomic E-state index is -0.278. The maximum absolute atomic E-state index is 9.73. The zero-order chi connectivity index (χ0) is 22.6. The van der Waals surface area contributed by atoms with Crippen LogP contribution in [0.15, 0.2) is 102 Å². The van der Waals surface area contributed by atoms with Crippen molar-refractivity contribution in [3.8, 4) is 23.0 Å². The molecule has 0 amide bonds. The van der Waals surface area contributed by atoms with Crippen molar-refractivity contribution < 1.29 is 19.7 Å². The number of ether oxygens (including phenoxy) is 2. The molecule has 0 saturated carbocycles. The fraction of sp³-hybridized carbons (Fsp3) is 0.111. The number of rotatable bonds is 6. The Morgan fingerprint density at radius 2 is 1.69 bits per heavy atom. The lowest BCUT2D eigenvalue weighted by molar-refractivity contribution is 0.190. The molecule has 160 valence electrons.